The second kappa shape index (κ2) is 9.36. The van der Waals surface area contributed by atoms with Crippen molar-refractivity contribution in [2.24, 2.45) is 10.2 Å². The fourth-order valence-corrected chi connectivity index (χ4v) is 4.24. The van der Waals surface area contributed by atoms with Gasteiger partial charge in [0.2, 0.25) is 0 Å². The van der Waals surface area contributed by atoms with E-state index in [1.807, 2.05) is 31.2 Å². The predicted octanol–water partition coefficient (Wildman–Crippen LogP) is 5.56. The average molecular weight is 496 g/mol. The monoisotopic (exact) mass is 495 g/mol. The zero-order chi connectivity index (χ0) is 21.8. The topological polar surface area (TPSA) is 78.4 Å². The molecule has 156 valence electrons. The molecule has 0 unspecified atom stereocenters. The second-order valence-corrected chi connectivity index (χ2v) is 8.69. The molecule has 0 bridgehead atoms. The number of furan rings is 1. The van der Waals surface area contributed by atoms with E-state index in [0.717, 1.165) is 15.6 Å². The summed E-state index contributed by atoms with van der Waals surface area (Å²) in [5.41, 5.74) is 2.57. The van der Waals surface area contributed by atoms with Crippen LogP contribution < -0.4 is 0 Å². The number of aromatic hydroxyl groups is 1. The number of hydrogen-bond donors (Lipinski definition) is 1. The molecule has 2 heterocycles. The number of benzene rings is 2. The van der Waals surface area contributed by atoms with Crippen molar-refractivity contribution in [3.8, 4) is 5.75 Å². The zero-order valence-corrected chi connectivity index (χ0v) is 18.9. The number of phenols is 1. The maximum absolute atomic E-state index is 13.1. The van der Waals surface area contributed by atoms with Crippen LogP contribution >= 0.6 is 27.7 Å². The standard InChI is InChI=1S/C23H18BrN3O3S/c1-15-5-2-3-6-16(15)13-25-26-23-27(14-19-7-4-10-30-19)22(29)21(31-23)12-17-11-18(24)8-9-20(17)28/h2-13,28H,14H2,1H3/b21-12-,25-13+,26-23-. The first-order valence-electron chi connectivity index (χ1n) is 9.40. The Morgan fingerprint density at radius 2 is 2.00 bits per heavy atom. The lowest BCUT2D eigenvalue weighted by atomic mass is 10.1. The van der Waals surface area contributed by atoms with Gasteiger partial charge in [-0.25, -0.2) is 0 Å². The molecule has 2 aromatic carbocycles. The van der Waals surface area contributed by atoms with Crippen LogP contribution in [0.2, 0.25) is 0 Å². The molecule has 4 rings (SSSR count). The molecule has 3 aromatic rings. The number of nitrogens with zero attached hydrogens (tertiary/aromatic N) is 3. The van der Waals surface area contributed by atoms with Gasteiger partial charge in [0.1, 0.15) is 11.5 Å². The van der Waals surface area contributed by atoms with Crippen LogP contribution in [-0.4, -0.2) is 27.3 Å². The number of rotatable bonds is 5. The third-order valence-corrected chi connectivity index (χ3v) is 6.08. The highest BCUT2D eigenvalue weighted by molar-refractivity contribution is 9.10. The molecular weight excluding hydrogens is 478 g/mol. The minimum absolute atomic E-state index is 0.0876. The van der Waals surface area contributed by atoms with Crippen LogP contribution in [0.4, 0.5) is 0 Å². The third-order valence-electron chi connectivity index (χ3n) is 4.59. The molecule has 1 amide bonds. The number of halogens is 1. The fourth-order valence-electron chi connectivity index (χ4n) is 2.93. The lowest BCUT2D eigenvalue weighted by molar-refractivity contribution is -0.122. The number of carbonyl (C=O) groups excluding carboxylic acids is 1. The highest BCUT2D eigenvalue weighted by Gasteiger charge is 2.34. The van der Waals surface area contributed by atoms with Crippen LogP contribution in [0.5, 0.6) is 5.75 Å². The summed E-state index contributed by atoms with van der Waals surface area (Å²) < 4.78 is 6.21. The van der Waals surface area contributed by atoms with Gasteiger partial charge < -0.3 is 9.52 Å². The Hall–Kier alpha value is -3.10. The van der Waals surface area contributed by atoms with E-state index >= 15 is 0 Å². The fraction of sp³-hybridized carbons (Fsp3) is 0.0870. The van der Waals surface area contributed by atoms with Crippen LogP contribution in [0, 0.1) is 6.92 Å². The molecule has 1 saturated heterocycles. The molecule has 1 aliphatic heterocycles. The number of phenolic OH excluding ortho intramolecular Hbond substituents is 1. The van der Waals surface area contributed by atoms with Gasteiger partial charge in [0.15, 0.2) is 5.17 Å². The Balaban J connectivity index is 1.66. The van der Waals surface area contributed by atoms with Crippen LogP contribution in [0.25, 0.3) is 6.08 Å². The summed E-state index contributed by atoms with van der Waals surface area (Å²) in [5, 5.41) is 19.1. The number of aryl methyl sites for hydroxylation is 1. The number of carbonyl (C=O) groups is 1. The molecule has 1 aromatic heterocycles. The van der Waals surface area contributed by atoms with Crippen molar-refractivity contribution in [3.05, 3.63) is 92.7 Å². The van der Waals surface area contributed by atoms with Crippen molar-refractivity contribution < 1.29 is 14.3 Å². The first-order chi connectivity index (χ1) is 15.0. The summed E-state index contributed by atoms with van der Waals surface area (Å²) in [6.45, 7) is 2.23. The summed E-state index contributed by atoms with van der Waals surface area (Å²) in [6, 6.07) is 16.5. The van der Waals surface area contributed by atoms with E-state index in [4.69, 9.17) is 4.42 Å². The minimum atomic E-state index is -0.231. The Labute approximate surface area is 192 Å². The van der Waals surface area contributed by atoms with E-state index in [1.54, 1.807) is 48.9 Å². The first-order valence-corrected chi connectivity index (χ1v) is 11.0. The SMILES string of the molecule is Cc1ccccc1/C=N/N=C1\S/C(=C\c2cc(Br)ccc2O)C(=O)N1Cc1ccco1. The van der Waals surface area contributed by atoms with Crippen LogP contribution in [0.3, 0.4) is 0 Å². The molecule has 1 fully saturated rings. The number of thioether (sulfide) groups is 1. The smallest absolute Gasteiger partial charge is 0.267 e. The molecule has 0 radical (unpaired) electrons. The average Bonchev–Trinajstić information content (AvgIpc) is 3.36. The summed E-state index contributed by atoms with van der Waals surface area (Å²) in [7, 11) is 0. The molecule has 1 aliphatic rings. The maximum atomic E-state index is 13.1. The second-order valence-electron chi connectivity index (χ2n) is 6.77. The van der Waals surface area contributed by atoms with E-state index in [-0.39, 0.29) is 18.2 Å². The summed E-state index contributed by atoms with van der Waals surface area (Å²) >= 11 is 4.59. The van der Waals surface area contributed by atoms with Crippen LogP contribution in [0.15, 0.2) is 84.9 Å². The van der Waals surface area contributed by atoms with Crippen LogP contribution in [0.1, 0.15) is 22.5 Å². The molecule has 8 heteroatoms. The first kappa shape index (κ1) is 21.1. The van der Waals surface area contributed by atoms with Crippen molar-refractivity contribution >= 4 is 51.1 Å². The molecule has 0 aliphatic carbocycles. The van der Waals surface area contributed by atoms with Crippen molar-refractivity contribution in [3.63, 3.8) is 0 Å². The minimum Gasteiger partial charge on any atom is -0.507 e. The maximum Gasteiger partial charge on any atom is 0.267 e. The third kappa shape index (κ3) is 4.98. The van der Waals surface area contributed by atoms with Crippen molar-refractivity contribution in [1.29, 1.82) is 0 Å². The molecule has 1 N–H and O–H groups in total. The lowest BCUT2D eigenvalue weighted by Gasteiger charge is -2.12. The van der Waals surface area contributed by atoms with Gasteiger partial charge in [-0.3, -0.25) is 9.69 Å². The molecule has 0 saturated carbocycles. The van der Waals surface area contributed by atoms with E-state index in [0.29, 0.717) is 21.4 Å². The van der Waals surface area contributed by atoms with E-state index in [9.17, 15) is 9.90 Å². The molecule has 6 nitrogen and oxygen atoms in total. The van der Waals surface area contributed by atoms with Gasteiger partial charge in [0, 0.05) is 10.0 Å². The van der Waals surface area contributed by atoms with Crippen molar-refractivity contribution in [2.75, 3.05) is 0 Å². The van der Waals surface area contributed by atoms with Gasteiger partial charge in [-0.1, -0.05) is 40.2 Å². The van der Waals surface area contributed by atoms with Crippen LogP contribution in [-0.2, 0) is 11.3 Å². The normalized spacial score (nSPS) is 16.8. The molecule has 31 heavy (non-hydrogen) atoms. The summed E-state index contributed by atoms with van der Waals surface area (Å²) in [6.07, 6.45) is 4.88. The lowest BCUT2D eigenvalue weighted by Crippen LogP contribution is -2.28. The van der Waals surface area contributed by atoms with Gasteiger partial charge in [-0.2, -0.15) is 5.10 Å². The van der Waals surface area contributed by atoms with Gasteiger partial charge in [-0.15, -0.1) is 5.10 Å². The quantitative estimate of drug-likeness (QED) is 0.285. The number of amides is 1. The largest absolute Gasteiger partial charge is 0.507 e. The van der Waals surface area contributed by atoms with E-state index in [1.165, 1.54) is 16.7 Å². The highest BCUT2D eigenvalue weighted by atomic mass is 79.9. The summed E-state index contributed by atoms with van der Waals surface area (Å²) in [5.74, 6) is 0.492. The van der Waals surface area contributed by atoms with Gasteiger partial charge >= 0.3 is 0 Å². The van der Waals surface area contributed by atoms with E-state index < -0.39 is 0 Å². The molecule has 0 spiro atoms. The van der Waals surface area contributed by atoms with E-state index in [2.05, 4.69) is 26.1 Å². The molecule has 0 atom stereocenters. The Morgan fingerprint density at radius 3 is 2.77 bits per heavy atom. The molecular formula is C23H18BrN3O3S. The highest BCUT2D eigenvalue weighted by Crippen LogP contribution is 2.35. The number of amidine groups is 1. The van der Waals surface area contributed by atoms with Gasteiger partial charge in [0.25, 0.3) is 5.91 Å². The number of hydrogen-bond acceptors (Lipinski definition) is 6. The predicted molar refractivity (Wildman–Crippen MR) is 127 cm³/mol. The summed E-state index contributed by atoms with van der Waals surface area (Å²) in [4.78, 5) is 15.0. The van der Waals surface area contributed by atoms with Gasteiger partial charge in [0.05, 0.1) is 23.9 Å². The van der Waals surface area contributed by atoms with Gasteiger partial charge in [-0.05, 0) is 66.2 Å². The van der Waals surface area contributed by atoms with Crippen molar-refractivity contribution in [2.45, 2.75) is 13.5 Å². The zero-order valence-electron chi connectivity index (χ0n) is 16.5. The van der Waals surface area contributed by atoms with Crippen molar-refractivity contribution in [1.82, 2.24) is 4.90 Å². The Morgan fingerprint density at radius 1 is 1.16 bits per heavy atom. The Bertz CT molecular complexity index is 1200. The Kier molecular flexibility index (Phi) is 6.39.